The zero-order valence-electron chi connectivity index (χ0n) is 14.2. The summed E-state index contributed by atoms with van der Waals surface area (Å²) in [5.41, 5.74) is 3.67. The number of anilines is 1. The van der Waals surface area contributed by atoms with Gasteiger partial charge in [0.2, 0.25) is 0 Å². The summed E-state index contributed by atoms with van der Waals surface area (Å²) in [4.78, 5) is 6.84. The zero-order chi connectivity index (χ0) is 15.6. The van der Waals surface area contributed by atoms with Crippen LogP contribution >= 0.6 is 0 Å². The highest BCUT2D eigenvalue weighted by atomic mass is 16.5. The Bertz CT molecular complexity index is 481. The molecule has 4 nitrogen and oxygen atoms in total. The molecule has 0 amide bonds. The number of nitrogens with one attached hydrogen (secondary N) is 1. The highest BCUT2D eigenvalue weighted by Crippen LogP contribution is 2.27. The molecule has 1 aliphatic heterocycles. The molecule has 4 heteroatoms. The van der Waals surface area contributed by atoms with Crippen LogP contribution in [0.4, 0.5) is 5.69 Å². The van der Waals surface area contributed by atoms with Crippen molar-refractivity contribution >= 4 is 5.69 Å². The molecule has 0 spiro atoms. The Labute approximate surface area is 128 Å². The number of aryl methyl sites for hydroxylation is 1. The van der Waals surface area contributed by atoms with Gasteiger partial charge >= 0.3 is 0 Å². The second-order valence-electron chi connectivity index (χ2n) is 7.10. The highest BCUT2D eigenvalue weighted by molar-refractivity contribution is 5.54. The normalized spacial score (nSPS) is 22.6. The standard InChI is InChI=1S/C17H29N3O/c1-12-9-16(20(6)15-7-8-21-13(15)2)14(10-18-12)11-19-17(3,4)5/h9-10,13,15,19H,7-8,11H2,1-6H3. The van der Waals surface area contributed by atoms with Crippen molar-refractivity contribution in [2.45, 2.75) is 65.3 Å². The van der Waals surface area contributed by atoms with Gasteiger partial charge in [-0.25, -0.2) is 0 Å². The molecule has 0 saturated carbocycles. The van der Waals surface area contributed by atoms with Crippen LogP contribution < -0.4 is 10.2 Å². The molecule has 2 unspecified atom stereocenters. The average molecular weight is 291 g/mol. The summed E-state index contributed by atoms with van der Waals surface area (Å²) in [5.74, 6) is 0. The van der Waals surface area contributed by atoms with E-state index in [1.807, 2.05) is 13.1 Å². The average Bonchev–Trinajstić information content (AvgIpc) is 2.81. The molecular formula is C17H29N3O. The van der Waals surface area contributed by atoms with Gasteiger partial charge in [0.05, 0.1) is 12.1 Å². The summed E-state index contributed by atoms with van der Waals surface area (Å²) in [6.45, 7) is 12.5. The monoisotopic (exact) mass is 291 g/mol. The zero-order valence-corrected chi connectivity index (χ0v) is 14.2. The van der Waals surface area contributed by atoms with E-state index in [2.05, 4.69) is 56.0 Å². The molecule has 2 rings (SSSR count). The summed E-state index contributed by atoms with van der Waals surface area (Å²) >= 11 is 0. The third-order valence-electron chi connectivity index (χ3n) is 4.12. The van der Waals surface area contributed by atoms with Gasteiger partial charge in [0.25, 0.3) is 0 Å². The first-order valence-electron chi connectivity index (χ1n) is 7.83. The topological polar surface area (TPSA) is 37.4 Å². The lowest BCUT2D eigenvalue weighted by Crippen LogP contribution is -2.39. The van der Waals surface area contributed by atoms with Crippen LogP contribution in [0.2, 0.25) is 0 Å². The fourth-order valence-corrected chi connectivity index (χ4v) is 2.81. The quantitative estimate of drug-likeness (QED) is 0.925. The first-order chi connectivity index (χ1) is 9.78. The first kappa shape index (κ1) is 16.2. The van der Waals surface area contributed by atoms with Gasteiger partial charge < -0.3 is 15.0 Å². The predicted molar refractivity (Wildman–Crippen MR) is 87.8 cm³/mol. The third kappa shape index (κ3) is 4.17. The number of nitrogens with zero attached hydrogens (tertiary/aromatic N) is 2. The van der Waals surface area contributed by atoms with Crippen LogP contribution in [0.3, 0.4) is 0 Å². The van der Waals surface area contributed by atoms with Gasteiger partial charge in [-0.15, -0.1) is 0 Å². The van der Waals surface area contributed by atoms with Crippen molar-refractivity contribution in [3.8, 4) is 0 Å². The molecule has 0 aromatic carbocycles. The number of likely N-dealkylation sites (N-methyl/N-ethyl adjacent to an activating group) is 1. The van der Waals surface area contributed by atoms with Gasteiger partial charge in [-0.1, -0.05) is 0 Å². The maximum atomic E-state index is 5.72. The minimum Gasteiger partial charge on any atom is -0.376 e. The van der Waals surface area contributed by atoms with Crippen molar-refractivity contribution < 1.29 is 4.74 Å². The van der Waals surface area contributed by atoms with E-state index in [4.69, 9.17) is 4.74 Å². The van der Waals surface area contributed by atoms with E-state index >= 15 is 0 Å². The van der Waals surface area contributed by atoms with Crippen molar-refractivity contribution in [3.63, 3.8) is 0 Å². The van der Waals surface area contributed by atoms with Crippen LogP contribution in [0.15, 0.2) is 12.3 Å². The molecule has 2 atom stereocenters. The van der Waals surface area contributed by atoms with Gasteiger partial charge in [-0.05, 0) is 47.1 Å². The maximum Gasteiger partial charge on any atom is 0.0750 e. The van der Waals surface area contributed by atoms with E-state index in [0.29, 0.717) is 6.04 Å². The Balaban J connectivity index is 2.22. The minimum absolute atomic E-state index is 0.102. The lowest BCUT2D eigenvalue weighted by atomic mass is 10.1. The van der Waals surface area contributed by atoms with E-state index in [9.17, 15) is 0 Å². The van der Waals surface area contributed by atoms with Crippen LogP contribution in [0.25, 0.3) is 0 Å². The summed E-state index contributed by atoms with van der Waals surface area (Å²) < 4.78 is 5.72. The van der Waals surface area contributed by atoms with E-state index < -0.39 is 0 Å². The molecule has 1 N–H and O–H groups in total. The smallest absolute Gasteiger partial charge is 0.0750 e. The predicted octanol–water partition coefficient (Wildman–Crippen LogP) is 2.89. The molecule has 1 fully saturated rings. The minimum atomic E-state index is 0.102. The fraction of sp³-hybridized carbons (Fsp3) is 0.706. The largest absolute Gasteiger partial charge is 0.376 e. The molecule has 1 aromatic heterocycles. The van der Waals surface area contributed by atoms with E-state index in [0.717, 1.165) is 25.3 Å². The number of aromatic nitrogens is 1. The first-order valence-corrected chi connectivity index (χ1v) is 7.83. The summed E-state index contributed by atoms with van der Waals surface area (Å²) in [7, 11) is 2.17. The lowest BCUT2D eigenvalue weighted by molar-refractivity contribution is 0.118. The summed E-state index contributed by atoms with van der Waals surface area (Å²) in [6, 6.07) is 2.63. The maximum absolute atomic E-state index is 5.72. The Kier molecular flexibility index (Phi) is 4.89. The van der Waals surface area contributed by atoms with Crippen molar-refractivity contribution in [1.29, 1.82) is 0 Å². The van der Waals surface area contributed by atoms with E-state index in [-0.39, 0.29) is 11.6 Å². The molecule has 118 valence electrons. The number of hydrogen-bond donors (Lipinski definition) is 1. The second kappa shape index (κ2) is 6.32. The summed E-state index contributed by atoms with van der Waals surface area (Å²) in [6.07, 6.45) is 3.37. The SMILES string of the molecule is Cc1cc(N(C)C2CCOC2C)c(CNC(C)(C)C)cn1. The summed E-state index contributed by atoms with van der Waals surface area (Å²) in [5, 5.41) is 3.56. The Hall–Kier alpha value is -1.13. The molecule has 1 aliphatic rings. The second-order valence-corrected chi connectivity index (χ2v) is 7.10. The van der Waals surface area contributed by atoms with Crippen molar-refractivity contribution in [2.24, 2.45) is 0 Å². The fourth-order valence-electron chi connectivity index (χ4n) is 2.81. The van der Waals surface area contributed by atoms with Crippen LogP contribution in [0.1, 0.15) is 45.4 Å². The number of ether oxygens (including phenoxy) is 1. The number of rotatable bonds is 4. The third-order valence-corrected chi connectivity index (χ3v) is 4.12. The Morgan fingerprint density at radius 2 is 2.14 bits per heavy atom. The molecule has 0 aliphatic carbocycles. The van der Waals surface area contributed by atoms with Crippen molar-refractivity contribution in [3.05, 3.63) is 23.5 Å². The molecule has 2 heterocycles. The number of pyridine rings is 1. The number of hydrogen-bond acceptors (Lipinski definition) is 4. The van der Waals surface area contributed by atoms with Crippen molar-refractivity contribution in [2.75, 3.05) is 18.6 Å². The van der Waals surface area contributed by atoms with E-state index in [1.165, 1.54) is 11.3 Å². The van der Waals surface area contributed by atoms with E-state index in [1.54, 1.807) is 0 Å². The Morgan fingerprint density at radius 3 is 2.71 bits per heavy atom. The van der Waals surface area contributed by atoms with Crippen LogP contribution in [0, 0.1) is 6.92 Å². The molecule has 0 bridgehead atoms. The molecular weight excluding hydrogens is 262 g/mol. The molecule has 1 aromatic rings. The van der Waals surface area contributed by atoms with Crippen LogP contribution in [0.5, 0.6) is 0 Å². The van der Waals surface area contributed by atoms with Crippen LogP contribution in [-0.4, -0.2) is 36.3 Å². The van der Waals surface area contributed by atoms with Gasteiger partial charge in [0.1, 0.15) is 0 Å². The molecule has 1 saturated heterocycles. The lowest BCUT2D eigenvalue weighted by Gasteiger charge is -2.31. The Morgan fingerprint density at radius 1 is 1.43 bits per heavy atom. The molecule has 0 radical (unpaired) electrons. The van der Waals surface area contributed by atoms with Crippen molar-refractivity contribution in [1.82, 2.24) is 10.3 Å². The van der Waals surface area contributed by atoms with Crippen LogP contribution in [-0.2, 0) is 11.3 Å². The van der Waals surface area contributed by atoms with Gasteiger partial charge in [-0.3, -0.25) is 4.98 Å². The van der Waals surface area contributed by atoms with Gasteiger partial charge in [0, 0.05) is 48.9 Å². The van der Waals surface area contributed by atoms with Gasteiger partial charge in [-0.2, -0.15) is 0 Å². The molecule has 21 heavy (non-hydrogen) atoms. The van der Waals surface area contributed by atoms with Gasteiger partial charge in [0.15, 0.2) is 0 Å². The highest BCUT2D eigenvalue weighted by Gasteiger charge is 2.29.